The molecule has 0 unspecified atom stereocenters. The van der Waals surface area contributed by atoms with Crippen LogP contribution in [0.1, 0.15) is 12.1 Å². The fourth-order valence-electron chi connectivity index (χ4n) is 0.780. The Morgan fingerprint density at radius 2 is 2.50 bits per heavy atom. The minimum absolute atomic E-state index is 0.143. The van der Waals surface area contributed by atoms with Gasteiger partial charge in [0.2, 0.25) is 0 Å². The second kappa shape index (κ2) is 3.61. The number of carbonyl (C=O) groups is 1. The number of nitrogens with zero attached hydrogens (tertiary/aromatic N) is 2. The first-order valence-corrected chi connectivity index (χ1v) is 3.36. The summed E-state index contributed by atoms with van der Waals surface area (Å²) in [5, 5.41) is 16.1. The maximum Gasteiger partial charge on any atom is 0.342 e. The van der Waals surface area contributed by atoms with Crippen molar-refractivity contribution in [3.05, 3.63) is 21.9 Å². The normalized spacial score (nSPS) is 9.67. The molecule has 0 aliphatic rings. The van der Waals surface area contributed by atoms with Crippen molar-refractivity contribution in [2.75, 3.05) is 0 Å². The molecule has 6 nitrogen and oxygen atoms in total. The van der Waals surface area contributed by atoms with Crippen LogP contribution < -0.4 is 0 Å². The summed E-state index contributed by atoms with van der Waals surface area (Å²) in [6.07, 6.45) is 1.52. The molecule has 64 valence electrons. The van der Waals surface area contributed by atoms with Crippen molar-refractivity contribution in [2.45, 2.75) is 12.8 Å². The second-order valence-electron chi connectivity index (χ2n) is 2.21. The first-order chi connectivity index (χ1) is 5.74. The SMILES string of the molecule is O=CCCc1cc([N+](=O)[O-])[nH]n1. The highest BCUT2D eigenvalue weighted by molar-refractivity contribution is 5.49. The van der Waals surface area contributed by atoms with E-state index in [1.807, 2.05) is 0 Å². The molecule has 0 radical (unpaired) electrons. The van der Waals surface area contributed by atoms with Crippen molar-refractivity contribution in [3.63, 3.8) is 0 Å². The van der Waals surface area contributed by atoms with Gasteiger partial charge in [-0.25, -0.2) is 0 Å². The molecule has 1 aromatic rings. The van der Waals surface area contributed by atoms with Gasteiger partial charge in [0, 0.05) is 12.8 Å². The van der Waals surface area contributed by atoms with Crippen molar-refractivity contribution in [1.82, 2.24) is 10.2 Å². The van der Waals surface area contributed by atoms with Crippen LogP contribution in [-0.4, -0.2) is 21.4 Å². The van der Waals surface area contributed by atoms with Gasteiger partial charge in [0.05, 0.1) is 11.8 Å². The molecule has 0 bridgehead atoms. The van der Waals surface area contributed by atoms with Crippen LogP contribution in [0.25, 0.3) is 0 Å². The van der Waals surface area contributed by atoms with E-state index in [2.05, 4.69) is 10.2 Å². The number of nitrogens with one attached hydrogen (secondary N) is 1. The van der Waals surface area contributed by atoms with Gasteiger partial charge in [-0.05, 0) is 4.92 Å². The molecule has 1 N–H and O–H groups in total. The van der Waals surface area contributed by atoms with Gasteiger partial charge in [0.25, 0.3) is 0 Å². The summed E-state index contributed by atoms with van der Waals surface area (Å²) in [6.45, 7) is 0. The number of aromatic nitrogens is 2. The molecule has 0 saturated heterocycles. The summed E-state index contributed by atoms with van der Waals surface area (Å²) >= 11 is 0. The zero-order valence-electron chi connectivity index (χ0n) is 6.19. The maximum absolute atomic E-state index is 10.2. The lowest BCUT2D eigenvalue weighted by Crippen LogP contribution is -1.86. The lowest BCUT2D eigenvalue weighted by Gasteiger charge is -1.84. The largest absolute Gasteiger partial charge is 0.358 e. The molecule has 12 heavy (non-hydrogen) atoms. The Kier molecular flexibility index (Phi) is 2.52. The van der Waals surface area contributed by atoms with Gasteiger partial charge in [0.15, 0.2) is 0 Å². The van der Waals surface area contributed by atoms with Gasteiger partial charge >= 0.3 is 5.82 Å². The number of nitro groups is 1. The molecule has 0 aliphatic carbocycles. The molecule has 0 fully saturated rings. The lowest BCUT2D eigenvalue weighted by atomic mass is 10.2. The summed E-state index contributed by atoms with van der Waals surface area (Å²) < 4.78 is 0. The van der Waals surface area contributed by atoms with E-state index in [0.29, 0.717) is 18.5 Å². The molecule has 1 heterocycles. The highest BCUT2D eigenvalue weighted by Gasteiger charge is 2.08. The van der Waals surface area contributed by atoms with Crippen molar-refractivity contribution in [1.29, 1.82) is 0 Å². The quantitative estimate of drug-likeness (QED) is 0.402. The number of aldehydes is 1. The third kappa shape index (κ3) is 1.88. The Morgan fingerprint density at radius 3 is 3.00 bits per heavy atom. The molecule has 0 amide bonds. The van der Waals surface area contributed by atoms with Crippen LogP contribution in [0.4, 0.5) is 5.82 Å². The van der Waals surface area contributed by atoms with Crippen molar-refractivity contribution in [2.24, 2.45) is 0 Å². The molecule has 1 rings (SSSR count). The third-order valence-corrected chi connectivity index (χ3v) is 1.33. The highest BCUT2D eigenvalue weighted by atomic mass is 16.6. The number of carbonyl (C=O) groups excluding carboxylic acids is 1. The summed E-state index contributed by atoms with van der Waals surface area (Å²) in [7, 11) is 0. The van der Waals surface area contributed by atoms with Gasteiger partial charge in [-0.15, -0.1) is 5.10 Å². The van der Waals surface area contributed by atoms with Crippen LogP contribution >= 0.6 is 0 Å². The zero-order chi connectivity index (χ0) is 8.97. The van der Waals surface area contributed by atoms with Crippen LogP contribution in [-0.2, 0) is 11.2 Å². The number of rotatable bonds is 4. The van der Waals surface area contributed by atoms with Crippen LogP contribution in [0.15, 0.2) is 6.07 Å². The predicted octanol–water partition coefficient (Wildman–Crippen LogP) is 0.449. The van der Waals surface area contributed by atoms with E-state index in [4.69, 9.17) is 0 Å². The van der Waals surface area contributed by atoms with Crippen molar-refractivity contribution >= 4 is 12.1 Å². The Hall–Kier alpha value is -1.72. The minimum atomic E-state index is -0.558. The zero-order valence-corrected chi connectivity index (χ0v) is 6.19. The van der Waals surface area contributed by atoms with Crippen molar-refractivity contribution < 1.29 is 9.72 Å². The van der Waals surface area contributed by atoms with Crippen LogP contribution in [0.3, 0.4) is 0 Å². The van der Waals surface area contributed by atoms with E-state index in [1.54, 1.807) is 0 Å². The summed E-state index contributed by atoms with van der Waals surface area (Å²) in [4.78, 5) is 19.5. The molecule has 0 saturated carbocycles. The molecule has 0 aliphatic heterocycles. The number of aromatic amines is 1. The van der Waals surface area contributed by atoms with Gasteiger partial charge in [-0.1, -0.05) is 5.10 Å². The topological polar surface area (TPSA) is 88.9 Å². The Morgan fingerprint density at radius 1 is 1.75 bits per heavy atom. The van der Waals surface area contributed by atoms with E-state index in [-0.39, 0.29) is 5.82 Å². The lowest BCUT2D eigenvalue weighted by molar-refractivity contribution is -0.389. The van der Waals surface area contributed by atoms with E-state index in [1.165, 1.54) is 6.07 Å². The minimum Gasteiger partial charge on any atom is -0.358 e. The number of H-pyrrole nitrogens is 1. The van der Waals surface area contributed by atoms with E-state index >= 15 is 0 Å². The molecular formula is C6H7N3O3. The van der Waals surface area contributed by atoms with Gasteiger partial charge in [0.1, 0.15) is 6.29 Å². The smallest absolute Gasteiger partial charge is 0.342 e. The second-order valence-corrected chi connectivity index (χ2v) is 2.21. The molecule has 6 heteroatoms. The van der Waals surface area contributed by atoms with E-state index in [9.17, 15) is 14.9 Å². The fourth-order valence-corrected chi connectivity index (χ4v) is 0.780. The van der Waals surface area contributed by atoms with Gasteiger partial charge in [-0.3, -0.25) is 0 Å². The summed E-state index contributed by atoms with van der Waals surface area (Å²) in [5.41, 5.74) is 0.536. The average Bonchev–Trinajstić information content (AvgIpc) is 2.48. The summed E-state index contributed by atoms with van der Waals surface area (Å²) in [5.74, 6) is -0.143. The number of hydrogen-bond donors (Lipinski definition) is 1. The average molecular weight is 169 g/mol. The Labute approximate surface area is 67.7 Å². The van der Waals surface area contributed by atoms with E-state index in [0.717, 1.165) is 6.29 Å². The molecular weight excluding hydrogens is 162 g/mol. The standard InChI is InChI=1S/C6H7N3O3/c10-3-1-2-5-4-6(8-7-5)9(11)12/h3-4H,1-2H2,(H,7,8). The third-order valence-electron chi connectivity index (χ3n) is 1.33. The van der Waals surface area contributed by atoms with Crippen LogP contribution in [0, 0.1) is 10.1 Å². The Balaban J connectivity index is 2.64. The van der Waals surface area contributed by atoms with E-state index < -0.39 is 4.92 Å². The number of hydrogen-bond acceptors (Lipinski definition) is 4. The first-order valence-electron chi connectivity index (χ1n) is 3.36. The van der Waals surface area contributed by atoms with Crippen LogP contribution in [0.5, 0.6) is 0 Å². The number of aryl methyl sites for hydroxylation is 1. The molecule has 0 spiro atoms. The maximum atomic E-state index is 10.2. The Bertz CT molecular complexity index is 294. The fraction of sp³-hybridized carbons (Fsp3) is 0.333. The summed E-state index contributed by atoms with van der Waals surface area (Å²) in [6, 6.07) is 1.32. The molecule has 1 aromatic heterocycles. The highest BCUT2D eigenvalue weighted by Crippen LogP contribution is 2.08. The van der Waals surface area contributed by atoms with Gasteiger partial charge < -0.3 is 14.9 Å². The first kappa shape index (κ1) is 8.38. The van der Waals surface area contributed by atoms with Crippen molar-refractivity contribution in [3.8, 4) is 0 Å². The van der Waals surface area contributed by atoms with Crippen LogP contribution in [0.2, 0.25) is 0 Å². The molecule has 0 atom stereocenters. The predicted molar refractivity (Wildman–Crippen MR) is 39.6 cm³/mol. The van der Waals surface area contributed by atoms with Gasteiger partial charge in [-0.2, -0.15) is 0 Å². The molecule has 0 aromatic carbocycles. The monoisotopic (exact) mass is 169 g/mol.